The van der Waals surface area contributed by atoms with Crippen molar-refractivity contribution in [1.29, 1.82) is 0 Å². The van der Waals surface area contributed by atoms with Crippen molar-refractivity contribution in [1.82, 2.24) is 35.2 Å². The van der Waals surface area contributed by atoms with Crippen LogP contribution < -0.4 is 10.6 Å². The minimum Gasteiger partial charge on any atom is -0.356 e. The summed E-state index contributed by atoms with van der Waals surface area (Å²) in [5.74, 6) is 1.88. The zero-order chi connectivity index (χ0) is 17.9. The topological polar surface area (TPSA) is 73.6 Å². The number of guanidine groups is 1. The Balaban J connectivity index is 0.00000338. The lowest BCUT2D eigenvalue weighted by molar-refractivity contribution is 0.274. The lowest BCUT2D eigenvalue weighted by atomic mass is 10.3. The van der Waals surface area contributed by atoms with E-state index in [0.717, 1.165) is 50.8 Å². The van der Waals surface area contributed by atoms with Crippen LogP contribution in [0.3, 0.4) is 0 Å². The highest BCUT2D eigenvalue weighted by Crippen LogP contribution is 2.01. The number of nitrogens with zero attached hydrogens (tertiary/aromatic N) is 6. The first-order chi connectivity index (χ1) is 12.2. The molecule has 0 atom stereocenters. The first kappa shape index (κ1) is 23.1. The standard InChI is InChI=1S/C17H34N8.HI/c1-4-16-22-21-15-25(16)12-8-20-17(18-2)19-7-5-10-24-11-6-9-23(3)13-14-24;/h15H,4-14H2,1-3H3,(H2,18,19,20);1H. The van der Waals surface area contributed by atoms with Crippen LogP contribution in [0.5, 0.6) is 0 Å². The number of nitrogens with one attached hydrogen (secondary N) is 2. The minimum absolute atomic E-state index is 0. The number of rotatable bonds is 8. The Morgan fingerprint density at radius 2 is 1.96 bits per heavy atom. The van der Waals surface area contributed by atoms with Crippen LogP contribution in [-0.2, 0) is 13.0 Å². The molecule has 1 aromatic rings. The van der Waals surface area contributed by atoms with Crippen LogP contribution in [0.25, 0.3) is 0 Å². The second-order valence-corrected chi connectivity index (χ2v) is 6.57. The molecule has 0 aliphatic carbocycles. The van der Waals surface area contributed by atoms with Crippen LogP contribution in [0.2, 0.25) is 0 Å². The van der Waals surface area contributed by atoms with E-state index in [0.29, 0.717) is 0 Å². The van der Waals surface area contributed by atoms with Crippen LogP contribution in [0.4, 0.5) is 0 Å². The molecule has 0 unspecified atom stereocenters. The van der Waals surface area contributed by atoms with Crippen molar-refractivity contribution < 1.29 is 0 Å². The lowest BCUT2D eigenvalue weighted by Gasteiger charge is -2.20. The SMILES string of the molecule is CCc1nncn1CCNC(=NC)NCCCN1CCCN(C)CC1.I. The number of aliphatic imine (C=N–C) groups is 1. The largest absolute Gasteiger partial charge is 0.356 e. The molecule has 26 heavy (non-hydrogen) atoms. The number of hydrogen-bond acceptors (Lipinski definition) is 5. The molecule has 0 saturated carbocycles. The van der Waals surface area contributed by atoms with Gasteiger partial charge in [0.05, 0.1) is 0 Å². The van der Waals surface area contributed by atoms with Crippen molar-refractivity contribution in [2.75, 3.05) is 59.9 Å². The van der Waals surface area contributed by atoms with E-state index in [9.17, 15) is 0 Å². The minimum atomic E-state index is 0. The van der Waals surface area contributed by atoms with E-state index in [4.69, 9.17) is 0 Å². The van der Waals surface area contributed by atoms with Gasteiger partial charge in [-0.1, -0.05) is 6.92 Å². The Morgan fingerprint density at radius 1 is 1.15 bits per heavy atom. The monoisotopic (exact) mass is 478 g/mol. The van der Waals surface area contributed by atoms with Crippen molar-refractivity contribution >= 4 is 29.9 Å². The van der Waals surface area contributed by atoms with E-state index < -0.39 is 0 Å². The summed E-state index contributed by atoms with van der Waals surface area (Å²) in [5.41, 5.74) is 0. The quantitative estimate of drug-likeness (QED) is 0.248. The lowest BCUT2D eigenvalue weighted by Crippen LogP contribution is -2.40. The number of likely N-dealkylation sites (N-methyl/N-ethyl adjacent to an activating group) is 1. The fourth-order valence-electron chi connectivity index (χ4n) is 3.09. The second kappa shape index (κ2) is 13.3. The van der Waals surface area contributed by atoms with Crippen LogP contribution >= 0.6 is 24.0 Å². The predicted octanol–water partition coefficient (Wildman–Crippen LogP) is 0.651. The van der Waals surface area contributed by atoms with Gasteiger partial charge in [-0.25, -0.2) is 0 Å². The van der Waals surface area contributed by atoms with Crippen molar-refractivity contribution in [2.45, 2.75) is 32.7 Å². The van der Waals surface area contributed by atoms with E-state index in [-0.39, 0.29) is 24.0 Å². The number of hydrogen-bond donors (Lipinski definition) is 2. The molecule has 9 heteroatoms. The molecule has 0 amide bonds. The molecule has 2 rings (SSSR count). The highest BCUT2D eigenvalue weighted by atomic mass is 127. The third-order valence-electron chi connectivity index (χ3n) is 4.64. The van der Waals surface area contributed by atoms with Crippen LogP contribution in [0, 0.1) is 0 Å². The first-order valence-electron chi connectivity index (χ1n) is 9.45. The summed E-state index contributed by atoms with van der Waals surface area (Å²) in [6, 6.07) is 0. The third-order valence-corrected chi connectivity index (χ3v) is 4.64. The molecule has 1 saturated heterocycles. The summed E-state index contributed by atoms with van der Waals surface area (Å²) < 4.78 is 2.08. The summed E-state index contributed by atoms with van der Waals surface area (Å²) in [5, 5.41) is 14.8. The fraction of sp³-hybridized carbons (Fsp3) is 0.824. The molecule has 1 aliphatic heterocycles. The molecular formula is C17H35IN8. The molecule has 1 fully saturated rings. The summed E-state index contributed by atoms with van der Waals surface area (Å²) in [6.07, 6.45) is 5.10. The van der Waals surface area contributed by atoms with Gasteiger partial charge in [0.2, 0.25) is 0 Å². The molecule has 2 heterocycles. The van der Waals surface area contributed by atoms with Crippen LogP contribution in [0.1, 0.15) is 25.6 Å². The molecule has 0 radical (unpaired) electrons. The molecule has 0 spiro atoms. The maximum Gasteiger partial charge on any atom is 0.191 e. The van der Waals surface area contributed by atoms with E-state index >= 15 is 0 Å². The Kier molecular flexibility index (Phi) is 11.8. The Labute approximate surface area is 174 Å². The molecule has 150 valence electrons. The number of halogens is 1. The van der Waals surface area contributed by atoms with E-state index in [2.05, 4.69) is 54.2 Å². The van der Waals surface area contributed by atoms with Gasteiger partial charge in [-0.3, -0.25) is 4.99 Å². The number of aromatic nitrogens is 3. The van der Waals surface area contributed by atoms with Crippen molar-refractivity contribution in [3.8, 4) is 0 Å². The summed E-state index contributed by atoms with van der Waals surface area (Å²) in [6.45, 7) is 10.6. The Hall–Kier alpha value is -0.940. The molecular weight excluding hydrogens is 443 g/mol. The van der Waals surface area contributed by atoms with Gasteiger partial charge in [0.1, 0.15) is 12.2 Å². The second-order valence-electron chi connectivity index (χ2n) is 6.57. The molecule has 8 nitrogen and oxygen atoms in total. The maximum atomic E-state index is 4.29. The maximum absolute atomic E-state index is 4.29. The summed E-state index contributed by atoms with van der Waals surface area (Å²) in [4.78, 5) is 9.28. The van der Waals surface area contributed by atoms with Crippen molar-refractivity contribution in [2.24, 2.45) is 4.99 Å². The average Bonchev–Trinajstić information content (AvgIpc) is 2.98. The summed E-state index contributed by atoms with van der Waals surface area (Å²) in [7, 11) is 4.03. The molecule has 0 aromatic carbocycles. The van der Waals surface area contributed by atoms with Gasteiger partial charge in [-0.15, -0.1) is 34.2 Å². The first-order valence-corrected chi connectivity index (χ1v) is 9.45. The van der Waals surface area contributed by atoms with Crippen LogP contribution in [0.15, 0.2) is 11.3 Å². The highest BCUT2D eigenvalue weighted by Gasteiger charge is 2.11. The van der Waals surface area contributed by atoms with Gasteiger partial charge in [-0.2, -0.15) is 0 Å². The smallest absolute Gasteiger partial charge is 0.191 e. The van der Waals surface area contributed by atoms with E-state index in [1.54, 1.807) is 6.33 Å². The molecule has 0 bridgehead atoms. The van der Waals surface area contributed by atoms with Gasteiger partial charge in [0, 0.05) is 46.2 Å². The summed E-state index contributed by atoms with van der Waals surface area (Å²) >= 11 is 0. The molecule has 2 N–H and O–H groups in total. The average molecular weight is 478 g/mol. The van der Waals surface area contributed by atoms with E-state index in [1.807, 2.05) is 7.05 Å². The van der Waals surface area contributed by atoms with Gasteiger partial charge in [0.15, 0.2) is 5.96 Å². The molecule has 1 aliphatic rings. The Morgan fingerprint density at radius 3 is 2.73 bits per heavy atom. The zero-order valence-corrected chi connectivity index (χ0v) is 18.8. The van der Waals surface area contributed by atoms with Crippen LogP contribution in [-0.4, -0.2) is 90.4 Å². The van der Waals surface area contributed by atoms with Gasteiger partial charge in [-0.05, 0) is 39.5 Å². The third kappa shape index (κ3) is 8.17. The Bertz CT molecular complexity index is 519. The normalized spacial score (nSPS) is 16.8. The fourth-order valence-corrected chi connectivity index (χ4v) is 3.09. The zero-order valence-electron chi connectivity index (χ0n) is 16.4. The van der Waals surface area contributed by atoms with Gasteiger partial charge < -0.3 is 25.0 Å². The number of aryl methyl sites for hydroxylation is 1. The highest BCUT2D eigenvalue weighted by molar-refractivity contribution is 14.0. The predicted molar refractivity (Wildman–Crippen MR) is 117 cm³/mol. The molecule has 1 aromatic heterocycles. The van der Waals surface area contributed by atoms with Crippen molar-refractivity contribution in [3.05, 3.63) is 12.2 Å². The van der Waals surface area contributed by atoms with Gasteiger partial charge >= 0.3 is 0 Å². The van der Waals surface area contributed by atoms with E-state index in [1.165, 1.54) is 32.6 Å². The van der Waals surface area contributed by atoms with Crippen molar-refractivity contribution in [3.63, 3.8) is 0 Å². The van der Waals surface area contributed by atoms with Gasteiger partial charge in [0.25, 0.3) is 0 Å².